The number of esters is 1. The molecule has 0 spiro atoms. The summed E-state index contributed by atoms with van der Waals surface area (Å²) in [6.45, 7) is 2.25. The van der Waals surface area contributed by atoms with Gasteiger partial charge in [0, 0.05) is 6.42 Å². The predicted molar refractivity (Wildman–Crippen MR) is 66.3 cm³/mol. The predicted octanol–water partition coefficient (Wildman–Crippen LogP) is 1.47. The van der Waals surface area contributed by atoms with Gasteiger partial charge in [-0.05, 0) is 18.6 Å². The van der Waals surface area contributed by atoms with Gasteiger partial charge in [0.15, 0.2) is 0 Å². The first-order chi connectivity index (χ1) is 8.65. The van der Waals surface area contributed by atoms with E-state index >= 15 is 0 Å². The standard InChI is InChI=1S/C13H17NO4/c1-2-5-12(16)18-9-8-14-13(17)10-6-3-4-7-11(10)15/h3-4,6-7,15H,2,5,8-9H2,1H3,(H,14,17). The third-order valence-electron chi connectivity index (χ3n) is 2.25. The molecule has 1 aromatic rings. The van der Waals surface area contributed by atoms with Crippen molar-refractivity contribution in [3.05, 3.63) is 29.8 Å². The summed E-state index contributed by atoms with van der Waals surface area (Å²) in [6, 6.07) is 6.26. The van der Waals surface area contributed by atoms with Gasteiger partial charge in [-0.25, -0.2) is 0 Å². The molecule has 0 bridgehead atoms. The van der Waals surface area contributed by atoms with Crippen LogP contribution in [0.4, 0.5) is 0 Å². The minimum absolute atomic E-state index is 0.0713. The lowest BCUT2D eigenvalue weighted by Crippen LogP contribution is -2.28. The normalized spacial score (nSPS) is 9.83. The highest BCUT2D eigenvalue weighted by Crippen LogP contribution is 2.14. The summed E-state index contributed by atoms with van der Waals surface area (Å²) in [5.41, 5.74) is 0.206. The Balaban J connectivity index is 2.30. The second kappa shape index (κ2) is 7.32. The number of carbonyl (C=O) groups is 2. The van der Waals surface area contributed by atoms with Crippen molar-refractivity contribution in [1.29, 1.82) is 0 Å². The quantitative estimate of drug-likeness (QED) is 0.593. The van der Waals surface area contributed by atoms with E-state index in [1.807, 2.05) is 6.92 Å². The zero-order valence-electron chi connectivity index (χ0n) is 10.3. The van der Waals surface area contributed by atoms with Crippen LogP contribution in [0, 0.1) is 0 Å². The van der Waals surface area contributed by atoms with Crippen LogP contribution in [-0.4, -0.2) is 30.1 Å². The van der Waals surface area contributed by atoms with Gasteiger partial charge < -0.3 is 15.2 Å². The molecule has 98 valence electrons. The van der Waals surface area contributed by atoms with Gasteiger partial charge in [0.05, 0.1) is 12.1 Å². The van der Waals surface area contributed by atoms with Crippen LogP contribution in [0.2, 0.25) is 0 Å². The second-order valence-corrected chi connectivity index (χ2v) is 3.74. The average Bonchev–Trinajstić information content (AvgIpc) is 2.35. The fourth-order valence-electron chi connectivity index (χ4n) is 1.37. The molecule has 5 nitrogen and oxygen atoms in total. The minimum atomic E-state index is -0.389. The number of hydrogen-bond donors (Lipinski definition) is 2. The number of hydrogen-bond acceptors (Lipinski definition) is 4. The Kier molecular flexibility index (Phi) is 5.70. The third-order valence-corrected chi connectivity index (χ3v) is 2.25. The molecule has 5 heteroatoms. The first kappa shape index (κ1) is 14.0. The van der Waals surface area contributed by atoms with E-state index in [1.54, 1.807) is 12.1 Å². The van der Waals surface area contributed by atoms with Crippen molar-refractivity contribution in [1.82, 2.24) is 5.32 Å². The highest BCUT2D eigenvalue weighted by molar-refractivity contribution is 5.96. The van der Waals surface area contributed by atoms with Crippen LogP contribution in [-0.2, 0) is 9.53 Å². The van der Waals surface area contributed by atoms with Crippen molar-refractivity contribution in [3.63, 3.8) is 0 Å². The molecular weight excluding hydrogens is 234 g/mol. The number of nitrogens with one attached hydrogen (secondary N) is 1. The Morgan fingerprint density at radius 1 is 1.33 bits per heavy atom. The maximum atomic E-state index is 11.6. The van der Waals surface area contributed by atoms with Gasteiger partial charge in [-0.1, -0.05) is 19.1 Å². The van der Waals surface area contributed by atoms with Crippen molar-refractivity contribution in [2.24, 2.45) is 0 Å². The molecule has 0 atom stereocenters. The second-order valence-electron chi connectivity index (χ2n) is 3.74. The molecule has 0 aliphatic carbocycles. The number of benzene rings is 1. The van der Waals surface area contributed by atoms with E-state index in [2.05, 4.69) is 5.32 Å². The Morgan fingerprint density at radius 3 is 2.72 bits per heavy atom. The zero-order valence-corrected chi connectivity index (χ0v) is 10.3. The summed E-state index contributed by atoms with van der Waals surface area (Å²) in [6.07, 6.45) is 1.12. The van der Waals surface area contributed by atoms with Crippen molar-refractivity contribution in [3.8, 4) is 5.75 Å². The number of ether oxygens (including phenoxy) is 1. The Labute approximate surface area is 106 Å². The van der Waals surface area contributed by atoms with Gasteiger partial charge in [0.25, 0.3) is 5.91 Å². The Bertz CT molecular complexity index is 417. The van der Waals surface area contributed by atoms with E-state index < -0.39 is 0 Å². The van der Waals surface area contributed by atoms with Gasteiger partial charge in [-0.15, -0.1) is 0 Å². The van der Waals surface area contributed by atoms with Crippen molar-refractivity contribution in [2.45, 2.75) is 19.8 Å². The van der Waals surface area contributed by atoms with Gasteiger partial charge in [-0.2, -0.15) is 0 Å². The summed E-state index contributed by atoms with van der Waals surface area (Å²) in [7, 11) is 0. The molecule has 0 aliphatic rings. The van der Waals surface area contributed by atoms with Crippen LogP contribution in [0.3, 0.4) is 0 Å². The molecule has 2 N–H and O–H groups in total. The maximum Gasteiger partial charge on any atom is 0.305 e. The summed E-state index contributed by atoms with van der Waals surface area (Å²) in [4.78, 5) is 22.7. The maximum absolute atomic E-state index is 11.6. The zero-order chi connectivity index (χ0) is 13.4. The van der Waals surface area contributed by atoms with Crippen LogP contribution >= 0.6 is 0 Å². The summed E-state index contributed by atoms with van der Waals surface area (Å²) in [5, 5.41) is 12.0. The van der Waals surface area contributed by atoms with Crippen LogP contribution in [0.5, 0.6) is 5.75 Å². The Morgan fingerprint density at radius 2 is 2.06 bits per heavy atom. The monoisotopic (exact) mass is 251 g/mol. The fourth-order valence-corrected chi connectivity index (χ4v) is 1.37. The van der Waals surface area contributed by atoms with E-state index in [1.165, 1.54) is 12.1 Å². The molecule has 0 saturated carbocycles. The molecule has 0 radical (unpaired) electrons. The van der Waals surface area contributed by atoms with E-state index in [9.17, 15) is 14.7 Å². The van der Waals surface area contributed by atoms with Crippen LogP contribution in [0.1, 0.15) is 30.1 Å². The number of amides is 1. The number of aromatic hydroxyl groups is 1. The SMILES string of the molecule is CCCC(=O)OCCNC(=O)c1ccccc1O. The lowest BCUT2D eigenvalue weighted by atomic mass is 10.2. The first-order valence-electron chi connectivity index (χ1n) is 5.87. The van der Waals surface area contributed by atoms with Crippen molar-refractivity contribution in [2.75, 3.05) is 13.2 Å². The molecule has 0 saturated heterocycles. The third kappa shape index (κ3) is 4.45. The molecule has 1 amide bonds. The molecule has 1 rings (SSSR count). The summed E-state index contributed by atoms with van der Waals surface area (Å²) >= 11 is 0. The highest BCUT2D eigenvalue weighted by atomic mass is 16.5. The minimum Gasteiger partial charge on any atom is -0.507 e. The van der Waals surface area contributed by atoms with Crippen LogP contribution < -0.4 is 5.32 Å². The van der Waals surface area contributed by atoms with Crippen LogP contribution in [0.25, 0.3) is 0 Å². The van der Waals surface area contributed by atoms with Gasteiger partial charge in [0.1, 0.15) is 12.4 Å². The van der Waals surface area contributed by atoms with Crippen LogP contribution in [0.15, 0.2) is 24.3 Å². The largest absolute Gasteiger partial charge is 0.507 e. The van der Waals surface area contributed by atoms with E-state index in [4.69, 9.17) is 4.74 Å². The van der Waals surface area contributed by atoms with Gasteiger partial charge >= 0.3 is 5.97 Å². The van der Waals surface area contributed by atoms with E-state index in [0.29, 0.717) is 6.42 Å². The first-order valence-corrected chi connectivity index (χ1v) is 5.87. The number of carbonyl (C=O) groups excluding carboxylic acids is 2. The number of rotatable bonds is 6. The molecular formula is C13H17NO4. The molecule has 0 fully saturated rings. The fraction of sp³-hybridized carbons (Fsp3) is 0.385. The Hall–Kier alpha value is -2.04. The lowest BCUT2D eigenvalue weighted by molar-refractivity contribution is -0.143. The lowest BCUT2D eigenvalue weighted by Gasteiger charge is -2.07. The molecule has 18 heavy (non-hydrogen) atoms. The molecule has 0 aliphatic heterocycles. The summed E-state index contributed by atoms with van der Waals surface area (Å²) < 4.78 is 4.88. The smallest absolute Gasteiger partial charge is 0.305 e. The topological polar surface area (TPSA) is 75.6 Å². The highest BCUT2D eigenvalue weighted by Gasteiger charge is 2.09. The molecule has 1 aromatic carbocycles. The number of para-hydroxylation sites is 1. The van der Waals surface area contributed by atoms with Crippen molar-refractivity contribution >= 4 is 11.9 Å². The van der Waals surface area contributed by atoms with E-state index in [-0.39, 0.29) is 36.3 Å². The number of phenols is 1. The van der Waals surface area contributed by atoms with Gasteiger partial charge in [-0.3, -0.25) is 9.59 Å². The molecule has 0 heterocycles. The average molecular weight is 251 g/mol. The van der Waals surface area contributed by atoms with E-state index in [0.717, 1.165) is 6.42 Å². The number of phenolic OH excluding ortho intramolecular Hbond substituents is 1. The molecule has 0 unspecified atom stereocenters. The van der Waals surface area contributed by atoms with Gasteiger partial charge in [0.2, 0.25) is 0 Å². The summed E-state index contributed by atoms with van der Waals surface area (Å²) in [5.74, 6) is -0.730. The molecule has 0 aromatic heterocycles. The van der Waals surface area contributed by atoms with Crippen molar-refractivity contribution < 1.29 is 19.4 Å².